The van der Waals surface area contributed by atoms with Gasteiger partial charge < -0.3 is 0 Å². The Labute approximate surface area is 132 Å². The number of rotatable bonds is 2. The summed E-state index contributed by atoms with van der Waals surface area (Å²) in [6.45, 7) is 0. The highest BCUT2D eigenvalue weighted by Crippen LogP contribution is 2.28. The van der Waals surface area contributed by atoms with E-state index in [1.165, 1.54) is 51.9 Å². The van der Waals surface area contributed by atoms with Crippen LogP contribution < -0.4 is 10.9 Å². The van der Waals surface area contributed by atoms with Crippen LogP contribution in [0.15, 0.2) is 18.5 Å². The second-order valence-corrected chi connectivity index (χ2v) is 6.57. The van der Waals surface area contributed by atoms with E-state index >= 15 is 0 Å². The molecule has 0 bridgehead atoms. The van der Waals surface area contributed by atoms with Crippen LogP contribution >= 0.6 is 11.3 Å². The Kier molecular flexibility index (Phi) is 4.24. The third-order valence-corrected chi connectivity index (χ3v) is 4.96. The molecule has 0 unspecified atom stereocenters. The molecule has 2 aromatic heterocycles. The SMILES string of the molecule is Cn1cc(C(=O)NNC(=O)c2cc3c(s2)CCCCC3)cn1. The lowest BCUT2D eigenvalue weighted by molar-refractivity contribution is 0.0849. The molecule has 0 aliphatic heterocycles. The molecule has 0 radical (unpaired) electrons. The van der Waals surface area contributed by atoms with E-state index in [1.807, 2.05) is 6.07 Å². The van der Waals surface area contributed by atoms with Crippen molar-refractivity contribution in [1.29, 1.82) is 0 Å². The summed E-state index contributed by atoms with van der Waals surface area (Å²) < 4.78 is 1.53. The fraction of sp³-hybridized carbons (Fsp3) is 0.400. The molecule has 116 valence electrons. The second kappa shape index (κ2) is 6.31. The molecule has 0 spiro atoms. The number of thiophene rings is 1. The predicted molar refractivity (Wildman–Crippen MR) is 83.7 cm³/mol. The summed E-state index contributed by atoms with van der Waals surface area (Å²) in [5, 5.41) is 3.92. The zero-order valence-electron chi connectivity index (χ0n) is 12.4. The number of aryl methyl sites for hydroxylation is 3. The number of nitrogens with one attached hydrogen (secondary N) is 2. The molecule has 6 nitrogen and oxygen atoms in total. The highest BCUT2D eigenvalue weighted by atomic mass is 32.1. The van der Waals surface area contributed by atoms with E-state index in [1.54, 1.807) is 13.2 Å². The van der Waals surface area contributed by atoms with Gasteiger partial charge in [0.25, 0.3) is 11.8 Å². The van der Waals surface area contributed by atoms with Crippen LogP contribution in [0.4, 0.5) is 0 Å². The van der Waals surface area contributed by atoms with Gasteiger partial charge in [-0.25, -0.2) is 0 Å². The predicted octanol–water partition coefficient (Wildman–Crippen LogP) is 1.83. The standard InChI is InChI=1S/C15H18N4O2S/c1-19-9-11(8-16-19)14(20)17-18-15(21)13-7-10-5-3-2-4-6-12(10)22-13/h7-9H,2-6H2,1H3,(H,17,20)(H,18,21). The fourth-order valence-corrected chi connectivity index (χ4v) is 3.71. The average molecular weight is 318 g/mol. The maximum Gasteiger partial charge on any atom is 0.279 e. The number of nitrogens with zero attached hydrogens (tertiary/aromatic N) is 2. The largest absolute Gasteiger partial charge is 0.279 e. The van der Waals surface area contributed by atoms with Crippen LogP contribution in [0.3, 0.4) is 0 Å². The zero-order chi connectivity index (χ0) is 15.5. The van der Waals surface area contributed by atoms with Crippen molar-refractivity contribution < 1.29 is 9.59 Å². The highest BCUT2D eigenvalue weighted by molar-refractivity contribution is 7.14. The number of aromatic nitrogens is 2. The summed E-state index contributed by atoms with van der Waals surface area (Å²) in [6.07, 6.45) is 8.76. The summed E-state index contributed by atoms with van der Waals surface area (Å²) in [5.74, 6) is -0.644. The van der Waals surface area contributed by atoms with Crippen LogP contribution in [0.5, 0.6) is 0 Å². The Balaban J connectivity index is 1.61. The van der Waals surface area contributed by atoms with Gasteiger partial charge in [-0.3, -0.25) is 25.1 Å². The molecule has 7 heteroatoms. The first kappa shape index (κ1) is 14.8. The minimum absolute atomic E-state index is 0.268. The van der Waals surface area contributed by atoms with Crippen molar-refractivity contribution >= 4 is 23.2 Å². The minimum Gasteiger partial charge on any atom is -0.275 e. The summed E-state index contributed by atoms with van der Waals surface area (Å²) in [4.78, 5) is 26.0. The van der Waals surface area contributed by atoms with Crippen molar-refractivity contribution in [2.45, 2.75) is 32.1 Å². The normalized spacial score (nSPS) is 14.0. The number of carbonyl (C=O) groups is 2. The van der Waals surface area contributed by atoms with Gasteiger partial charge in [0, 0.05) is 18.1 Å². The molecule has 3 rings (SSSR count). The molecule has 0 atom stereocenters. The number of carbonyl (C=O) groups excluding carboxylic acids is 2. The molecule has 1 aliphatic carbocycles. The molecule has 2 aromatic rings. The van der Waals surface area contributed by atoms with Gasteiger partial charge in [0.05, 0.1) is 16.6 Å². The van der Waals surface area contributed by atoms with Gasteiger partial charge in [-0.2, -0.15) is 5.10 Å². The van der Waals surface area contributed by atoms with Gasteiger partial charge in [-0.05, 0) is 37.3 Å². The lowest BCUT2D eigenvalue weighted by atomic mass is 10.1. The summed E-state index contributed by atoms with van der Waals surface area (Å²) in [5.41, 5.74) is 6.57. The first-order valence-corrected chi connectivity index (χ1v) is 8.16. The number of hydrazine groups is 1. The van der Waals surface area contributed by atoms with E-state index in [9.17, 15) is 9.59 Å². The van der Waals surface area contributed by atoms with Crippen molar-refractivity contribution in [3.63, 3.8) is 0 Å². The quantitative estimate of drug-likeness (QED) is 0.655. The van der Waals surface area contributed by atoms with Gasteiger partial charge in [-0.15, -0.1) is 11.3 Å². The molecule has 1 aliphatic rings. The van der Waals surface area contributed by atoms with E-state index in [0.717, 1.165) is 12.8 Å². The third kappa shape index (κ3) is 3.19. The first-order chi connectivity index (χ1) is 10.6. The highest BCUT2D eigenvalue weighted by Gasteiger charge is 2.17. The molecular weight excluding hydrogens is 300 g/mol. The Hall–Kier alpha value is -2.15. The maximum atomic E-state index is 12.2. The number of amides is 2. The molecule has 0 aromatic carbocycles. The number of hydrogen-bond acceptors (Lipinski definition) is 4. The summed E-state index contributed by atoms with van der Waals surface area (Å²) >= 11 is 1.53. The zero-order valence-corrected chi connectivity index (χ0v) is 13.2. The smallest absolute Gasteiger partial charge is 0.275 e. The maximum absolute atomic E-state index is 12.2. The average Bonchev–Trinajstić information content (AvgIpc) is 3.06. The van der Waals surface area contributed by atoms with Gasteiger partial charge in [0.2, 0.25) is 0 Å². The van der Waals surface area contributed by atoms with Crippen LogP contribution in [0, 0.1) is 0 Å². The van der Waals surface area contributed by atoms with Crippen molar-refractivity contribution in [2.24, 2.45) is 7.05 Å². The summed E-state index contributed by atoms with van der Waals surface area (Å²) in [6, 6.07) is 1.96. The minimum atomic E-state index is -0.375. The van der Waals surface area contributed by atoms with Gasteiger partial charge in [0.15, 0.2) is 0 Å². The Bertz CT molecular complexity index is 681. The molecule has 0 saturated carbocycles. The molecule has 2 amide bonds. The molecule has 0 fully saturated rings. The van der Waals surface area contributed by atoms with E-state index in [-0.39, 0.29) is 11.8 Å². The van der Waals surface area contributed by atoms with Crippen LogP contribution in [0.1, 0.15) is 49.7 Å². The fourth-order valence-electron chi connectivity index (χ4n) is 2.57. The monoisotopic (exact) mass is 318 g/mol. The first-order valence-electron chi connectivity index (χ1n) is 7.34. The van der Waals surface area contributed by atoms with Crippen LogP contribution in [0.25, 0.3) is 0 Å². The molecule has 0 saturated heterocycles. The Morgan fingerprint density at radius 1 is 1.18 bits per heavy atom. The van der Waals surface area contributed by atoms with Crippen molar-refractivity contribution in [3.8, 4) is 0 Å². The second-order valence-electron chi connectivity index (χ2n) is 5.43. The van der Waals surface area contributed by atoms with Crippen LogP contribution in [-0.2, 0) is 19.9 Å². The summed E-state index contributed by atoms with van der Waals surface area (Å²) in [7, 11) is 1.73. The lowest BCUT2D eigenvalue weighted by Crippen LogP contribution is -2.41. The molecule has 22 heavy (non-hydrogen) atoms. The van der Waals surface area contributed by atoms with Gasteiger partial charge >= 0.3 is 0 Å². The van der Waals surface area contributed by atoms with Crippen molar-refractivity contribution in [1.82, 2.24) is 20.6 Å². The molecule has 2 N–H and O–H groups in total. The van der Waals surface area contributed by atoms with Crippen molar-refractivity contribution in [2.75, 3.05) is 0 Å². The lowest BCUT2D eigenvalue weighted by Gasteiger charge is -2.04. The van der Waals surface area contributed by atoms with Gasteiger partial charge in [-0.1, -0.05) is 6.42 Å². The van der Waals surface area contributed by atoms with E-state index in [0.29, 0.717) is 10.4 Å². The van der Waals surface area contributed by atoms with E-state index in [2.05, 4.69) is 16.0 Å². The van der Waals surface area contributed by atoms with Crippen LogP contribution in [-0.4, -0.2) is 21.6 Å². The van der Waals surface area contributed by atoms with Crippen molar-refractivity contribution in [3.05, 3.63) is 39.3 Å². The molecule has 2 heterocycles. The number of fused-ring (bicyclic) bond motifs is 1. The van der Waals surface area contributed by atoms with Gasteiger partial charge in [0.1, 0.15) is 0 Å². The topological polar surface area (TPSA) is 76.0 Å². The number of hydrogen-bond donors (Lipinski definition) is 2. The Morgan fingerprint density at radius 2 is 1.95 bits per heavy atom. The van der Waals surface area contributed by atoms with E-state index < -0.39 is 0 Å². The third-order valence-electron chi connectivity index (χ3n) is 3.73. The molecular formula is C15H18N4O2S. The van der Waals surface area contributed by atoms with Crippen LogP contribution in [0.2, 0.25) is 0 Å². The Morgan fingerprint density at radius 3 is 2.73 bits per heavy atom. The van der Waals surface area contributed by atoms with E-state index in [4.69, 9.17) is 0 Å².